The van der Waals surface area contributed by atoms with Crippen molar-refractivity contribution in [2.45, 2.75) is 89.4 Å². The van der Waals surface area contributed by atoms with Gasteiger partial charge in [-0.05, 0) is 62.3 Å². The van der Waals surface area contributed by atoms with E-state index in [4.69, 9.17) is 21.6 Å². The van der Waals surface area contributed by atoms with Gasteiger partial charge in [-0.15, -0.1) is 12.3 Å². The van der Waals surface area contributed by atoms with Crippen LogP contribution in [0.1, 0.15) is 71.1 Å². The number of aliphatic hydroxyl groups is 2. The molecule has 0 bridgehead atoms. The van der Waals surface area contributed by atoms with Crippen LogP contribution in [0.2, 0.25) is 0 Å². The monoisotopic (exact) mass is 476 g/mol. The summed E-state index contributed by atoms with van der Waals surface area (Å²) in [6.45, 7) is 1.85. The van der Waals surface area contributed by atoms with Gasteiger partial charge in [0, 0.05) is 24.9 Å². The minimum atomic E-state index is -0.981. The van der Waals surface area contributed by atoms with E-state index in [0.29, 0.717) is 24.3 Å². The molecule has 1 fully saturated rings. The van der Waals surface area contributed by atoms with E-state index in [-0.39, 0.29) is 42.0 Å². The Bertz CT molecular complexity index is 760. The number of carbonyl (C=O) groups is 1. The third-order valence-corrected chi connectivity index (χ3v) is 6.52. The molecule has 0 aromatic heterocycles. The number of unbranched alkanes of at least 4 members (excludes halogenated alkanes) is 3. The summed E-state index contributed by atoms with van der Waals surface area (Å²) in [5.74, 6) is 3.25. The fourth-order valence-electron chi connectivity index (χ4n) is 4.39. The summed E-state index contributed by atoms with van der Waals surface area (Å²) in [5, 5.41) is 42.4. The van der Waals surface area contributed by atoms with E-state index in [0.717, 1.165) is 44.9 Å². The number of ether oxygens (including phenoxy) is 1. The lowest BCUT2D eigenvalue weighted by atomic mass is 9.71. The van der Waals surface area contributed by atoms with Crippen LogP contribution in [0.5, 0.6) is 5.75 Å². The van der Waals surface area contributed by atoms with E-state index in [2.05, 4.69) is 11.2 Å². The third kappa shape index (κ3) is 10.00. The zero-order chi connectivity index (χ0) is 24.9. The smallest absolute Gasteiger partial charge is 0.224 e. The van der Waals surface area contributed by atoms with Gasteiger partial charge in [0.15, 0.2) is 0 Å². The number of nitrogens with zero attached hydrogens (tertiary/aromatic N) is 1. The van der Waals surface area contributed by atoms with E-state index in [1.165, 1.54) is 0 Å². The van der Waals surface area contributed by atoms with Crippen molar-refractivity contribution in [3.63, 3.8) is 0 Å². The minimum Gasteiger partial charge on any atom is -0.491 e. The SMILES string of the molecule is C#CCCCCCC(=O)Nc1ccc(O[C@@H](C)CC(O)[C@H](O)C(CCN(O)O)C2CCC2)cc1. The normalized spacial score (nSPS) is 17.3. The number of hydrogen-bond donors (Lipinski definition) is 5. The molecule has 0 heterocycles. The van der Waals surface area contributed by atoms with E-state index in [9.17, 15) is 15.0 Å². The lowest BCUT2D eigenvalue weighted by Gasteiger charge is -2.39. The molecule has 0 radical (unpaired) electrons. The number of hydrogen-bond acceptors (Lipinski definition) is 7. The fraction of sp³-hybridized carbons (Fsp3) is 0.654. The second-order valence-corrected chi connectivity index (χ2v) is 9.30. The Labute approximate surface area is 202 Å². The van der Waals surface area contributed by atoms with Crippen LogP contribution in [0, 0.1) is 24.2 Å². The van der Waals surface area contributed by atoms with Gasteiger partial charge in [0.2, 0.25) is 5.91 Å². The highest BCUT2D eigenvalue weighted by molar-refractivity contribution is 5.90. The number of carbonyl (C=O) groups excluding carboxylic acids is 1. The molecule has 0 saturated heterocycles. The zero-order valence-corrected chi connectivity index (χ0v) is 20.1. The minimum absolute atomic E-state index is 0.0195. The Hall–Kier alpha value is -2.15. The number of amides is 1. The molecule has 8 heteroatoms. The molecule has 34 heavy (non-hydrogen) atoms. The molecule has 1 aromatic carbocycles. The Morgan fingerprint density at radius 1 is 1.21 bits per heavy atom. The molecule has 8 nitrogen and oxygen atoms in total. The van der Waals surface area contributed by atoms with E-state index in [1.807, 2.05) is 6.92 Å². The summed E-state index contributed by atoms with van der Waals surface area (Å²) in [5.41, 5.74) is 0.689. The number of nitrogens with one attached hydrogen (secondary N) is 1. The van der Waals surface area contributed by atoms with Gasteiger partial charge in [-0.2, -0.15) is 0 Å². The third-order valence-electron chi connectivity index (χ3n) is 6.52. The first-order chi connectivity index (χ1) is 16.3. The fourth-order valence-corrected chi connectivity index (χ4v) is 4.39. The van der Waals surface area contributed by atoms with Crippen molar-refractivity contribution in [3.8, 4) is 18.1 Å². The van der Waals surface area contributed by atoms with Gasteiger partial charge < -0.3 is 20.3 Å². The standard InChI is InChI=1S/C26H40N2O6/c1-3-4-5-6-7-11-25(30)27-21-12-14-22(15-13-21)34-19(2)18-24(29)26(31)23(16-17-28(32)33)20-9-8-10-20/h1,12-15,19-20,23-24,26,29,31-33H,4-11,16-18H2,2H3,(H,27,30)/t19-,23?,24?,26+/m0/s1. The van der Waals surface area contributed by atoms with Crippen LogP contribution in [-0.2, 0) is 4.79 Å². The predicted octanol–water partition coefficient (Wildman–Crippen LogP) is 3.97. The topological polar surface area (TPSA) is 122 Å². The zero-order valence-electron chi connectivity index (χ0n) is 20.1. The summed E-state index contributed by atoms with van der Waals surface area (Å²) in [7, 11) is 0. The first kappa shape index (κ1) is 28.1. The van der Waals surface area contributed by atoms with Gasteiger partial charge in [-0.25, -0.2) is 0 Å². The highest BCUT2D eigenvalue weighted by Crippen LogP contribution is 2.38. The lowest BCUT2D eigenvalue weighted by Crippen LogP contribution is -2.42. The first-order valence-corrected chi connectivity index (χ1v) is 12.3. The van der Waals surface area contributed by atoms with Crippen LogP contribution in [0.4, 0.5) is 5.69 Å². The molecule has 1 aromatic rings. The van der Waals surface area contributed by atoms with E-state index >= 15 is 0 Å². The highest BCUT2D eigenvalue weighted by atomic mass is 16.8. The van der Waals surface area contributed by atoms with Gasteiger partial charge in [0.1, 0.15) is 5.75 Å². The van der Waals surface area contributed by atoms with Gasteiger partial charge in [-0.3, -0.25) is 15.2 Å². The molecule has 1 amide bonds. The molecular weight excluding hydrogens is 436 g/mol. The molecule has 5 N–H and O–H groups in total. The van der Waals surface area contributed by atoms with Gasteiger partial charge in [-0.1, -0.05) is 30.9 Å². The summed E-state index contributed by atoms with van der Waals surface area (Å²) >= 11 is 0. The Morgan fingerprint density at radius 3 is 2.50 bits per heavy atom. The van der Waals surface area contributed by atoms with E-state index in [1.54, 1.807) is 24.3 Å². The van der Waals surface area contributed by atoms with Crippen LogP contribution < -0.4 is 10.1 Å². The second-order valence-electron chi connectivity index (χ2n) is 9.30. The Balaban J connectivity index is 1.77. The molecule has 4 atom stereocenters. The van der Waals surface area contributed by atoms with Crippen LogP contribution in [0.3, 0.4) is 0 Å². The number of benzene rings is 1. The van der Waals surface area contributed by atoms with Gasteiger partial charge in [0.05, 0.1) is 24.9 Å². The molecule has 1 saturated carbocycles. The quantitative estimate of drug-likeness (QED) is 0.139. The van der Waals surface area contributed by atoms with Crippen molar-refractivity contribution in [3.05, 3.63) is 24.3 Å². The number of terminal acetylenes is 1. The van der Waals surface area contributed by atoms with Gasteiger partial charge >= 0.3 is 0 Å². The summed E-state index contributed by atoms with van der Waals surface area (Å²) in [6, 6.07) is 7.06. The summed E-state index contributed by atoms with van der Waals surface area (Å²) in [4.78, 5) is 12.0. The molecule has 0 spiro atoms. The van der Waals surface area contributed by atoms with Crippen LogP contribution in [0.15, 0.2) is 24.3 Å². The summed E-state index contributed by atoms with van der Waals surface area (Å²) < 4.78 is 5.89. The van der Waals surface area contributed by atoms with Crippen molar-refractivity contribution in [1.82, 2.24) is 5.23 Å². The van der Waals surface area contributed by atoms with Crippen LogP contribution in [-0.4, -0.2) is 56.6 Å². The van der Waals surface area contributed by atoms with Crippen molar-refractivity contribution in [1.29, 1.82) is 0 Å². The molecule has 0 aliphatic heterocycles. The Kier molecular flexibility index (Phi) is 12.4. The molecule has 1 aliphatic rings. The second kappa shape index (κ2) is 15.0. The molecule has 2 unspecified atom stereocenters. The first-order valence-electron chi connectivity index (χ1n) is 12.3. The Morgan fingerprint density at radius 2 is 1.91 bits per heavy atom. The molecule has 190 valence electrons. The number of hydroxylamine groups is 2. The molecular formula is C26H40N2O6. The maximum absolute atomic E-state index is 12.0. The maximum atomic E-state index is 12.0. The van der Waals surface area contributed by atoms with Crippen LogP contribution in [0.25, 0.3) is 0 Å². The summed E-state index contributed by atoms with van der Waals surface area (Å²) in [6.07, 6.45) is 10.5. The van der Waals surface area contributed by atoms with Crippen molar-refractivity contribution in [2.75, 3.05) is 11.9 Å². The van der Waals surface area contributed by atoms with Crippen molar-refractivity contribution < 1.29 is 30.2 Å². The maximum Gasteiger partial charge on any atom is 0.224 e. The average Bonchev–Trinajstić information content (AvgIpc) is 2.75. The van der Waals surface area contributed by atoms with Crippen molar-refractivity contribution in [2.24, 2.45) is 11.8 Å². The largest absolute Gasteiger partial charge is 0.491 e. The van der Waals surface area contributed by atoms with Crippen LogP contribution >= 0.6 is 0 Å². The number of anilines is 1. The number of rotatable bonds is 16. The molecule has 2 rings (SSSR count). The number of aliphatic hydroxyl groups excluding tert-OH is 2. The van der Waals surface area contributed by atoms with E-state index < -0.39 is 12.2 Å². The predicted molar refractivity (Wildman–Crippen MR) is 129 cm³/mol. The van der Waals surface area contributed by atoms with Crippen molar-refractivity contribution >= 4 is 11.6 Å². The lowest BCUT2D eigenvalue weighted by molar-refractivity contribution is -0.309. The molecule has 1 aliphatic carbocycles. The highest BCUT2D eigenvalue weighted by Gasteiger charge is 2.36. The average molecular weight is 477 g/mol. The van der Waals surface area contributed by atoms with Gasteiger partial charge in [0.25, 0.3) is 0 Å².